The summed E-state index contributed by atoms with van der Waals surface area (Å²) in [5, 5.41) is 20.8. The summed E-state index contributed by atoms with van der Waals surface area (Å²) >= 11 is 0. The van der Waals surface area contributed by atoms with Crippen molar-refractivity contribution in [2.24, 2.45) is 0 Å². The monoisotopic (exact) mass is 313 g/mol. The Balaban J connectivity index is 1.99. The van der Waals surface area contributed by atoms with Crippen LogP contribution in [0.3, 0.4) is 0 Å². The summed E-state index contributed by atoms with van der Waals surface area (Å²) in [6.45, 7) is 0.323. The van der Waals surface area contributed by atoms with Gasteiger partial charge in [0, 0.05) is 6.54 Å². The van der Waals surface area contributed by atoms with E-state index in [1.54, 1.807) is 0 Å². The molecule has 0 aliphatic rings. The fourth-order valence-electron chi connectivity index (χ4n) is 2.33. The minimum absolute atomic E-state index is 0.222. The lowest BCUT2D eigenvalue weighted by atomic mass is 10.00. The predicted molar refractivity (Wildman–Crippen MR) is 86.6 cm³/mol. The Morgan fingerprint density at radius 1 is 0.957 bits per heavy atom. The number of carboxylic acid groups (broad SMARTS) is 1. The van der Waals surface area contributed by atoms with Crippen LogP contribution in [0.25, 0.3) is 11.1 Å². The Bertz CT molecular complexity index is 670. The van der Waals surface area contributed by atoms with E-state index in [2.05, 4.69) is 5.32 Å². The van der Waals surface area contributed by atoms with E-state index in [4.69, 9.17) is 5.11 Å². The van der Waals surface area contributed by atoms with Gasteiger partial charge in [-0.25, -0.2) is 0 Å². The SMILES string of the molecule is O=C(O)CC(O)CC(=O)NCc1ccccc1-c1ccccc1. The highest BCUT2D eigenvalue weighted by molar-refractivity contribution is 5.78. The number of benzene rings is 2. The van der Waals surface area contributed by atoms with Crippen LogP contribution in [-0.2, 0) is 16.1 Å². The maximum absolute atomic E-state index is 11.8. The summed E-state index contributed by atoms with van der Waals surface area (Å²) in [4.78, 5) is 22.3. The lowest BCUT2D eigenvalue weighted by molar-refractivity contribution is -0.139. The molecule has 1 amide bonds. The third-order valence-electron chi connectivity index (χ3n) is 3.41. The standard InChI is InChI=1S/C18H19NO4/c20-15(11-18(22)23)10-17(21)19-12-14-8-4-5-9-16(14)13-6-2-1-3-7-13/h1-9,15,20H,10-12H2,(H,19,21)(H,22,23). The highest BCUT2D eigenvalue weighted by Crippen LogP contribution is 2.23. The zero-order chi connectivity index (χ0) is 16.7. The van der Waals surface area contributed by atoms with Gasteiger partial charge in [0.25, 0.3) is 0 Å². The molecule has 0 bridgehead atoms. The summed E-state index contributed by atoms with van der Waals surface area (Å²) in [5.41, 5.74) is 3.04. The summed E-state index contributed by atoms with van der Waals surface area (Å²) in [7, 11) is 0. The summed E-state index contributed by atoms with van der Waals surface area (Å²) in [5.74, 6) is -1.50. The van der Waals surface area contributed by atoms with Gasteiger partial charge in [0.2, 0.25) is 5.91 Å². The molecule has 5 nitrogen and oxygen atoms in total. The van der Waals surface area contributed by atoms with E-state index in [-0.39, 0.29) is 12.3 Å². The molecule has 0 saturated carbocycles. The van der Waals surface area contributed by atoms with Crippen LogP contribution in [0.1, 0.15) is 18.4 Å². The lowest BCUT2D eigenvalue weighted by Crippen LogP contribution is -2.28. The quantitative estimate of drug-likeness (QED) is 0.731. The van der Waals surface area contributed by atoms with E-state index >= 15 is 0 Å². The smallest absolute Gasteiger partial charge is 0.305 e. The minimum atomic E-state index is -1.17. The molecule has 0 heterocycles. The van der Waals surface area contributed by atoms with Crippen LogP contribution < -0.4 is 5.32 Å². The number of hydrogen-bond acceptors (Lipinski definition) is 3. The van der Waals surface area contributed by atoms with Gasteiger partial charge >= 0.3 is 5.97 Å². The van der Waals surface area contributed by atoms with Gasteiger partial charge in [-0.05, 0) is 16.7 Å². The van der Waals surface area contributed by atoms with Crippen LogP contribution in [0.15, 0.2) is 54.6 Å². The van der Waals surface area contributed by atoms with Crippen LogP contribution in [-0.4, -0.2) is 28.2 Å². The summed E-state index contributed by atoms with van der Waals surface area (Å²) in [6, 6.07) is 17.6. The van der Waals surface area contributed by atoms with Gasteiger partial charge in [-0.2, -0.15) is 0 Å². The van der Waals surface area contributed by atoms with Crippen molar-refractivity contribution in [3.8, 4) is 11.1 Å². The first kappa shape index (κ1) is 16.7. The largest absolute Gasteiger partial charge is 0.481 e. The van der Waals surface area contributed by atoms with Crippen molar-refractivity contribution >= 4 is 11.9 Å². The average Bonchev–Trinajstić information content (AvgIpc) is 2.53. The number of nitrogens with one attached hydrogen (secondary N) is 1. The number of aliphatic hydroxyl groups excluding tert-OH is 1. The number of rotatable bonds is 7. The molecule has 2 rings (SSSR count). The number of hydrogen-bond donors (Lipinski definition) is 3. The Hall–Kier alpha value is -2.66. The summed E-state index contributed by atoms with van der Waals surface area (Å²) < 4.78 is 0. The number of aliphatic carboxylic acids is 1. The predicted octanol–water partition coefficient (Wildman–Crippen LogP) is 2.20. The van der Waals surface area contributed by atoms with Crippen LogP contribution in [0.4, 0.5) is 0 Å². The molecule has 0 aromatic heterocycles. The zero-order valence-electron chi connectivity index (χ0n) is 12.6. The van der Waals surface area contributed by atoms with Gasteiger partial charge in [0.15, 0.2) is 0 Å². The highest BCUT2D eigenvalue weighted by atomic mass is 16.4. The Morgan fingerprint density at radius 3 is 2.30 bits per heavy atom. The molecular weight excluding hydrogens is 294 g/mol. The zero-order valence-corrected chi connectivity index (χ0v) is 12.6. The molecule has 1 unspecified atom stereocenters. The second kappa shape index (κ2) is 8.10. The Kier molecular flexibility index (Phi) is 5.88. The van der Waals surface area contributed by atoms with E-state index < -0.39 is 18.5 Å². The van der Waals surface area contributed by atoms with Gasteiger partial charge in [0.05, 0.1) is 18.9 Å². The van der Waals surface area contributed by atoms with Crippen molar-refractivity contribution < 1.29 is 19.8 Å². The number of amides is 1. The van der Waals surface area contributed by atoms with Crippen LogP contribution in [0, 0.1) is 0 Å². The van der Waals surface area contributed by atoms with E-state index in [0.717, 1.165) is 16.7 Å². The Labute approximate surface area is 134 Å². The molecular formula is C18H19NO4. The number of aliphatic hydroxyl groups is 1. The minimum Gasteiger partial charge on any atom is -0.481 e. The lowest BCUT2D eigenvalue weighted by Gasteiger charge is -2.12. The molecule has 2 aromatic rings. The highest BCUT2D eigenvalue weighted by Gasteiger charge is 2.14. The second-order valence-electron chi connectivity index (χ2n) is 5.26. The first-order valence-corrected chi connectivity index (χ1v) is 7.36. The molecule has 0 saturated heterocycles. The summed E-state index contributed by atoms with van der Waals surface area (Å²) in [6.07, 6.45) is -1.83. The molecule has 120 valence electrons. The van der Waals surface area contributed by atoms with Crippen molar-refractivity contribution in [2.75, 3.05) is 0 Å². The third-order valence-corrected chi connectivity index (χ3v) is 3.41. The Morgan fingerprint density at radius 2 is 1.61 bits per heavy atom. The van der Waals surface area contributed by atoms with Crippen molar-refractivity contribution in [3.63, 3.8) is 0 Å². The van der Waals surface area contributed by atoms with E-state index in [0.29, 0.717) is 6.54 Å². The van der Waals surface area contributed by atoms with Crippen molar-refractivity contribution in [2.45, 2.75) is 25.5 Å². The number of carbonyl (C=O) groups is 2. The molecule has 2 aromatic carbocycles. The molecule has 0 aliphatic heterocycles. The molecule has 0 spiro atoms. The first-order valence-electron chi connectivity index (χ1n) is 7.36. The topological polar surface area (TPSA) is 86.6 Å². The molecule has 0 fully saturated rings. The van der Waals surface area contributed by atoms with Crippen LogP contribution >= 0.6 is 0 Å². The molecule has 5 heteroatoms. The van der Waals surface area contributed by atoms with Gasteiger partial charge in [-0.3, -0.25) is 9.59 Å². The van der Waals surface area contributed by atoms with Crippen molar-refractivity contribution in [1.82, 2.24) is 5.32 Å². The fraction of sp³-hybridized carbons (Fsp3) is 0.222. The second-order valence-corrected chi connectivity index (χ2v) is 5.26. The van der Waals surface area contributed by atoms with Crippen molar-refractivity contribution in [1.29, 1.82) is 0 Å². The van der Waals surface area contributed by atoms with Gasteiger partial charge in [0.1, 0.15) is 0 Å². The number of carbonyl (C=O) groups excluding carboxylic acids is 1. The molecule has 3 N–H and O–H groups in total. The average molecular weight is 313 g/mol. The third kappa shape index (κ3) is 5.23. The van der Waals surface area contributed by atoms with Crippen molar-refractivity contribution in [3.05, 3.63) is 60.2 Å². The maximum Gasteiger partial charge on any atom is 0.305 e. The van der Waals surface area contributed by atoms with Crippen LogP contribution in [0.5, 0.6) is 0 Å². The molecule has 0 aliphatic carbocycles. The maximum atomic E-state index is 11.8. The van der Waals surface area contributed by atoms with Crippen LogP contribution in [0.2, 0.25) is 0 Å². The van der Waals surface area contributed by atoms with E-state index in [1.165, 1.54) is 0 Å². The van der Waals surface area contributed by atoms with Gasteiger partial charge in [-0.1, -0.05) is 54.6 Å². The first-order chi connectivity index (χ1) is 11.1. The van der Waals surface area contributed by atoms with Gasteiger partial charge in [-0.15, -0.1) is 0 Å². The van der Waals surface area contributed by atoms with E-state index in [9.17, 15) is 14.7 Å². The number of carboxylic acids is 1. The van der Waals surface area contributed by atoms with E-state index in [1.807, 2.05) is 54.6 Å². The molecule has 0 radical (unpaired) electrons. The molecule has 1 atom stereocenters. The molecule has 23 heavy (non-hydrogen) atoms. The normalized spacial score (nSPS) is 11.7. The van der Waals surface area contributed by atoms with Gasteiger partial charge < -0.3 is 15.5 Å². The fourth-order valence-corrected chi connectivity index (χ4v) is 2.33.